The number of nitro benzene ring substituents is 1. The normalized spacial score (nSPS) is 10.4. The number of hydrogen-bond acceptors (Lipinski definition) is 6. The van der Waals surface area contributed by atoms with Crippen LogP contribution in [0.25, 0.3) is 0 Å². The van der Waals surface area contributed by atoms with Crippen molar-refractivity contribution in [2.75, 3.05) is 18.5 Å². The molecule has 0 aliphatic heterocycles. The Morgan fingerprint density at radius 3 is 2.43 bits per heavy atom. The van der Waals surface area contributed by atoms with Gasteiger partial charge in [0.05, 0.1) is 10.6 Å². The van der Waals surface area contributed by atoms with Gasteiger partial charge in [-0.1, -0.05) is 26.0 Å². The number of nitrogens with zero attached hydrogens (tertiary/aromatic N) is 1. The SMILES string of the molecule is CC(C)c1ccc(OCC(=O)OCC(=O)Nc2cc([N+](=O)[O-])ccc2F)cc1. The van der Waals surface area contributed by atoms with Crippen molar-refractivity contribution in [2.45, 2.75) is 19.8 Å². The van der Waals surface area contributed by atoms with E-state index in [1.807, 2.05) is 12.1 Å². The average Bonchev–Trinajstić information content (AvgIpc) is 2.66. The van der Waals surface area contributed by atoms with Crippen LogP contribution in [0.4, 0.5) is 15.8 Å². The van der Waals surface area contributed by atoms with E-state index >= 15 is 0 Å². The third-order valence-corrected chi connectivity index (χ3v) is 3.70. The molecule has 0 atom stereocenters. The van der Waals surface area contributed by atoms with Crippen molar-refractivity contribution in [2.24, 2.45) is 0 Å². The molecule has 0 aliphatic carbocycles. The molecule has 0 radical (unpaired) electrons. The molecule has 1 N–H and O–H groups in total. The predicted molar refractivity (Wildman–Crippen MR) is 98.7 cm³/mol. The number of nitrogens with one attached hydrogen (secondary N) is 1. The first kappa shape index (κ1) is 20.8. The minimum atomic E-state index is -0.849. The second-order valence-corrected chi connectivity index (χ2v) is 6.14. The van der Waals surface area contributed by atoms with E-state index in [0.717, 1.165) is 23.8 Å². The number of amides is 1. The van der Waals surface area contributed by atoms with Gasteiger partial charge in [0.1, 0.15) is 11.6 Å². The average molecular weight is 390 g/mol. The van der Waals surface area contributed by atoms with Gasteiger partial charge in [0.2, 0.25) is 0 Å². The van der Waals surface area contributed by atoms with Crippen LogP contribution < -0.4 is 10.1 Å². The van der Waals surface area contributed by atoms with Crippen LogP contribution in [0.15, 0.2) is 42.5 Å². The highest BCUT2D eigenvalue weighted by atomic mass is 19.1. The fourth-order valence-electron chi connectivity index (χ4n) is 2.19. The Hall–Kier alpha value is -3.49. The van der Waals surface area contributed by atoms with Crippen molar-refractivity contribution >= 4 is 23.3 Å². The Morgan fingerprint density at radius 1 is 1.14 bits per heavy atom. The second kappa shape index (κ2) is 9.45. The van der Waals surface area contributed by atoms with Crippen LogP contribution in [0.3, 0.4) is 0 Å². The number of ether oxygens (including phenoxy) is 2. The lowest BCUT2D eigenvalue weighted by atomic mass is 10.0. The minimum absolute atomic E-state index is 0.369. The predicted octanol–water partition coefficient (Wildman–Crippen LogP) is 3.42. The fourth-order valence-corrected chi connectivity index (χ4v) is 2.19. The lowest BCUT2D eigenvalue weighted by molar-refractivity contribution is -0.384. The van der Waals surface area contributed by atoms with Crippen molar-refractivity contribution in [3.8, 4) is 5.75 Å². The van der Waals surface area contributed by atoms with Crippen LogP contribution in [-0.2, 0) is 14.3 Å². The number of hydrogen-bond donors (Lipinski definition) is 1. The maximum Gasteiger partial charge on any atom is 0.344 e. The lowest BCUT2D eigenvalue weighted by Crippen LogP contribution is -2.24. The first-order valence-corrected chi connectivity index (χ1v) is 8.38. The fraction of sp³-hybridized carbons (Fsp3) is 0.263. The monoisotopic (exact) mass is 390 g/mol. The van der Waals surface area contributed by atoms with Gasteiger partial charge in [0, 0.05) is 12.1 Å². The van der Waals surface area contributed by atoms with Crippen LogP contribution in [0, 0.1) is 15.9 Å². The summed E-state index contributed by atoms with van der Waals surface area (Å²) in [6, 6.07) is 9.91. The largest absolute Gasteiger partial charge is 0.482 e. The molecule has 0 heterocycles. The summed E-state index contributed by atoms with van der Waals surface area (Å²) in [5.74, 6) is -1.63. The summed E-state index contributed by atoms with van der Waals surface area (Å²) in [6.07, 6.45) is 0. The first-order valence-electron chi connectivity index (χ1n) is 8.38. The van der Waals surface area contributed by atoms with Gasteiger partial charge in [-0.2, -0.15) is 0 Å². The Kier molecular flexibility index (Phi) is 7.02. The van der Waals surface area contributed by atoms with Crippen LogP contribution in [0.2, 0.25) is 0 Å². The summed E-state index contributed by atoms with van der Waals surface area (Å²) in [4.78, 5) is 33.4. The molecule has 2 rings (SSSR count). The summed E-state index contributed by atoms with van der Waals surface area (Å²) in [5, 5.41) is 12.8. The first-order chi connectivity index (χ1) is 13.3. The van der Waals surface area contributed by atoms with E-state index in [2.05, 4.69) is 19.2 Å². The molecule has 1 amide bonds. The highest BCUT2D eigenvalue weighted by molar-refractivity contribution is 5.93. The van der Waals surface area contributed by atoms with Crippen molar-refractivity contribution in [1.29, 1.82) is 0 Å². The van der Waals surface area contributed by atoms with Gasteiger partial charge >= 0.3 is 5.97 Å². The summed E-state index contributed by atoms with van der Waals surface area (Å²) < 4.78 is 23.6. The second-order valence-electron chi connectivity index (χ2n) is 6.14. The van der Waals surface area contributed by atoms with E-state index in [1.165, 1.54) is 0 Å². The maximum absolute atomic E-state index is 13.6. The van der Waals surface area contributed by atoms with Crippen LogP contribution in [-0.4, -0.2) is 30.0 Å². The van der Waals surface area contributed by atoms with Gasteiger partial charge in [-0.05, 0) is 29.7 Å². The number of carbonyl (C=O) groups is 2. The standard InChI is InChI=1S/C19H19FN2O6/c1-12(2)13-3-6-15(7-4-13)27-11-19(24)28-10-18(23)21-17-9-14(22(25)26)5-8-16(17)20/h3-9,12H,10-11H2,1-2H3,(H,21,23). The van der Waals surface area contributed by atoms with Gasteiger partial charge in [0.25, 0.3) is 11.6 Å². The molecule has 0 fully saturated rings. The Bertz CT molecular complexity index is 867. The van der Waals surface area contributed by atoms with Gasteiger partial charge in [0.15, 0.2) is 13.2 Å². The van der Waals surface area contributed by atoms with Gasteiger partial charge in [-0.25, -0.2) is 9.18 Å². The zero-order valence-corrected chi connectivity index (χ0v) is 15.3. The number of esters is 1. The van der Waals surface area contributed by atoms with E-state index in [4.69, 9.17) is 9.47 Å². The summed E-state index contributed by atoms with van der Waals surface area (Å²) in [6.45, 7) is 3.02. The number of rotatable bonds is 8. The quantitative estimate of drug-likeness (QED) is 0.420. The molecule has 2 aromatic carbocycles. The van der Waals surface area contributed by atoms with Crippen molar-refractivity contribution in [3.05, 3.63) is 64.0 Å². The molecule has 28 heavy (non-hydrogen) atoms. The molecule has 0 saturated heterocycles. The molecule has 2 aromatic rings. The van der Waals surface area contributed by atoms with Gasteiger partial charge < -0.3 is 14.8 Å². The highest BCUT2D eigenvalue weighted by Gasteiger charge is 2.14. The molecule has 8 nitrogen and oxygen atoms in total. The molecule has 0 aliphatic rings. The molecule has 0 aromatic heterocycles. The van der Waals surface area contributed by atoms with E-state index in [9.17, 15) is 24.1 Å². The number of nitro groups is 1. The minimum Gasteiger partial charge on any atom is -0.482 e. The van der Waals surface area contributed by atoms with E-state index in [-0.39, 0.29) is 11.4 Å². The number of benzene rings is 2. The molecule has 148 valence electrons. The van der Waals surface area contributed by atoms with Crippen LogP contribution in [0.1, 0.15) is 25.3 Å². The smallest absolute Gasteiger partial charge is 0.344 e. The van der Waals surface area contributed by atoms with Gasteiger partial charge in [-0.3, -0.25) is 14.9 Å². The summed E-state index contributed by atoms with van der Waals surface area (Å²) in [5.41, 5.74) is 0.363. The Morgan fingerprint density at radius 2 is 1.82 bits per heavy atom. The van der Waals surface area contributed by atoms with E-state index in [1.54, 1.807) is 12.1 Å². The third kappa shape index (κ3) is 6.04. The van der Waals surface area contributed by atoms with Crippen molar-refractivity contribution < 1.29 is 28.4 Å². The number of halogens is 1. The van der Waals surface area contributed by atoms with Crippen molar-refractivity contribution in [3.63, 3.8) is 0 Å². The molecular weight excluding hydrogens is 371 g/mol. The zero-order valence-electron chi connectivity index (χ0n) is 15.3. The number of non-ortho nitro benzene ring substituents is 1. The topological polar surface area (TPSA) is 108 Å². The third-order valence-electron chi connectivity index (χ3n) is 3.70. The lowest BCUT2D eigenvalue weighted by Gasteiger charge is -2.09. The molecule has 0 unspecified atom stereocenters. The Balaban J connectivity index is 1.80. The molecule has 9 heteroatoms. The van der Waals surface area contributed by atoms with Gasteiger partial charge in [-0.15, -0.1) is 0 Å². The Labute approximate surface area is 160 Å². The maximum atomic E-state index is 13.6. The summed E-state index contributed by atoms with van der Waals surface area (Å²) in [7, 11) is 0. The molecule has 0 spiro atoms. The number of carbonyl (C=O) groups excluding carboxylic acids is 2. The van der Waals surface area contributed by atoms with E-state index < -0.39 is 35.8 Å². The van der Waals surface area contributed by atoms with Crippen LogP contribution >= 0.6 is 0 Å². The number of anilines is 1. The van der Waals surface area contributed by atoms with E-state index in [0.29, 0.717) is 11.7 Å². The summed E-state index contributed by atoms with van der Waals surface area (Å²) >= 11 is 0. The molecule has 0 bridgehead atoms. The highest BCUT2D eigenvalue weighted by Crippen LogP contribution is 2.21. The molecule has 0 saturated carbocycles. The van der Waals surface area contributed by atoms with Crippen LogP contribution in [0.5, 0.6) is 5.75 Å². The molecular formula is C19H19FN2O6. The van der Waals surface area contributed by atoms with Crippen molar-refractivity contribution in [1.82, 2.24) is 0 Å². The zero-order chi connectivity index (χ0) is 20.7.